The van der Waals surface area contributed by atoms with Gasteiger partial charge in [-0.15, -0.1) is 0 Å². The molecule has 3 heteroatoms. The maximum Gasteiger partial charge on any atom is 0.119 e. The van der Waals surface area contributed by atoms with E-state index < -0.39 is 0 Å². The van der Waals surface area contributed by atoms with Gasteiger partial charge in [0.1, 0.15) is 5.75 Å². The van der Waals surface area contributed by atoms with Crippen molar-refractivity contribution in [2.45, 2.75) is 31.7 Å². The number of ether oxygens (including phenoxy) is 1. The van der Waals surface area contributed by atoms with Crippen LogP contribution in [0.4, 0.5) is 0 Å². The van der Waals surface area contributed by atoms with Crippen LogP contribution in [0.25, 0.3) is 0 Å². The minimum atomic E-state index is 0.395. The summed E-state index contributed by atoms with van der Waals surface area (Å²) >= 11 is 0. The molecule has 20 heavy (non-hydrogen) atoms. The van der Waals surface area contributed by atoms with Crippen molar-refractivity contribution in [3.63, 3.8) is 0 Å². The first kappa shape index (κ1) is 15.3. The molecule has 0 aromatic heterocycles. The fraction of sp³-hybridized carbons (Fsp3) is 0.647. The largest absolute Gasteiger partial charge is 0.497 e. The smallest absolute Gasteiger partial charge is 0.119 e. The van der Waals surface area contributed by atoms with E-state index in [0.29, 0.717) is 6.04 Å². The van der Waals surface area contributed by atoms with Crippen LogP contribution in [0.2, 0.25) is 0 Å². The second-order valence-corrected chi connectivity index (χ2v) is 6.06. The van der Waals surface area contributed by atoms with Crippen LogP contribution >= 0.6 is 0 Å². The van der Waals surface area contributed by atoms with Gasteiger partial charge in [-0.25, -0.2) is 0 Å². The van der Waals surface area contributed by atoms with Gasteiger partial charge in [-0.1, -0.05) is 25.0 Å². The molecule has 1 aliphatic carbocycles. The molecule has 0 aliphatic heterocycles. The van der Waals surface area contributed by atoms with Gasteiger partial charge < -0.3 is 15.0 Å². The molecule has 1 atom stereocenters. The summed E-state index contributed by atoms with van der Waals surface area (Å²) in [6.45, 7) is 2.16. The predicted octanol–water partition coefficient (Wildman–Crippen LogP) is 3.08. The number of nitrogens with one attached hydrogen (secondary N) is 1. The molecular formula is C17H28N2O. The lowest BCUT2D eigenvalue weighted by atomic mass is 10.0. The van der Waals surface area contributed by atoms with E-state index in [1.807, 2.05) is 6.07 Å². The summed E-state index contributed by atoms with van der Waals surface area (Å²) in [5, 5.41) is 3.66. The molecule has 1 aliphatic rings. The lowest BCUT2D eigenvalue weighted by molar-refractivity contribution is 0.282. The second-order valence-electron chi connectivity index (χ2n) is 6.06. The lowest BCUT2D eigenvalue weighted by Gasteiger charge is -2.26. The highest BCUT2D eigenvalue weighted by Crippen LogP contribution is 2.25. The number of rotatable bonds is 7. The van der Waals surface area contributed by atoms with Gasteiger partial charge in [0.25, 0.3) is 0 Å². The average molecular weight is 276 g/mol. The number of hydrogen-bond donors (Lipinski definition) is 1. The fourth-order valence-corrected chi connectivity index (χ4v) is 3.09. The van der Waals surface area contributed by atoms with Gasteiger partial charge in [-0.05, 0) is 57.1 Å². The van der Waals surface area contributed by atoms with E-state index in [-0.39, 0.29) is 0 Å². The first-order valence-corrected chi connectivity index (χ1v) is 7.72. The monoisotopic (exact) mass is 276 g/mol. The van der Waals surface area contributed by atoms with Crippen molar-refractivity contribution in [3.05, 3.63) is 29.8 Å². The molecule has 1 fully saturated rings. The van der Waals surface area contributed by atoms with Crippen molar-refractivity contribution < 1.29 is 4.74 Å². The molecule has 1 aromatic carbocycles. The van der Waals surface area contributed by atoms with Crippen LogP contribution in [0, 0.1) is 5.92 Å². The Morgan fingerprint density at radius 3 is 2.70 bits per heavy atom. The predicted molar refractivity (Wildman–Crippen MR) is 84.2 cm³/mol. The number of nitrogens with zero attached hydrogens (tertiary/aromatic N) is 1. The number of hydrogen-bond acceptors (Lipinski definition) is 3. The van der Waals surface area contributed by atoms with Gasteiger partial charge in [0.05, 0.1) is 7.11 Å². The van der Waals surface area contributed by atoms with E-state index in [9.17, 15) is 0 Å². The topological polar surface area (TPSA) is 24.5 Å². The molecule has 0 spiro atoms. The van der Waals surface area contributed by atoms with Gasteiger partial charge in [0, 0.05) is 12.6 Å². The summed E-state index contributed by atoms with van der Waals surface area (Å²) < 4.78 is 5.33. The Labute approximate surface area is 123 Å². The Kier molecular flexibility index (Phi) is 5.86. The van der Waals surface area contributed by atoms with Crippen LogP contribution in [0.15, 0.2) is 24.3 Å². The van der Waals surface area contributed by atoms with E-state index in [1.165, 1.54) is 31.2 Å². The summed E-state index contributed by atoms with van der Waals surface area (Å²) in [6, 6.07) is 8.79. The number of benzene rings is 1. The third-order valence-corrected chi connectivity index (χ3v) is 4.35. The highest BCUT2D eigenvalue weighted by Gasteiger charge is 2.17. The normalized spacial score (nSPS) is 17.6. The zero-order valence-electron chi connectivity index (χ0n) is 13.1. The van der Waals surface area contributed by atoms with Crippen LogP contribution < -0.4 is 10.1 Å². The molecular weight excluding hydrogens is 248 g/mol. The van der Waals surface area contributed by atoms with Crippen molar-refractivity contribution in [2.75, 3.05) is 34.3 Å². The van der Waals surface area contributed by atoms with Gasteiger partial charge >= 0.3 is 0 Å². The third kappa shape index (κ3) is 4.22. The van der Waals surface area contributed by atoms with Crippen molar-refractivity contribution in [1.82, 2.24) is 10.2 Å². The number of likely N-dealkylation sites (N-methyl/N-ethyl adjacent to an activating group) is 1. The number of methoxy groups -OCH3 is 1. The highest BCUT2D eigenvalue weighted by molar-refractivity contribution is 5.30. The van der Waals surface area contributed by atoms with E-state index in [4.69, 9.17) is 4.74 Å². The molecule has 0 radical (unpaired) electrons. The maximum absolute atomic E-state index is 5.33. The summed E-state index contributed by atoms with van der Waals surface area (Å²) in [6.07, 6.45) is 5.64. The van der Waals surface area contributed by atoms with Crippen molar-refractivity contribution >= 4 is 0 Å². The summed E-state index contributed by atoms with van der Waals surface area (Å²) in [7, 11) is 6.00. The molecule has 0 heterocycles. The molecule has 112 valence electrons. The molecule has 0 saturated heterocycles. The molecule has 1 unspecified atom stereocenters. The zero-order valence-corrected chi connectivity index (χ0v) is 13.1. The van der Waals surface area contributed by atoms with Gasteiger partial charge in [-0.3, -0.25) is 0 Å². The van der Waals surface area contributed by atoms with Gasteiger partial charge in [-0.2, -0.15) is 0 Å². The van der Waals surface area contributed by atoms with E-state index in [1.54, 1.807) is 7.11 Å². The van der Waals surface area contributed by atoms with Crippen LogP contribution in [0.1, 0.15) is 37.3 Å². The SMILES string of the molecule is COc1cccc(C(CNCC2CCCC2)N(C)C)c1. The van der Waals surface area contributed by atoms with Crippen molar-refractivity contribution in [3.8, 4) is 5.75 Å². The first-order chi connectivity index (χ1) is 9.70. The summed E-state index contributed by atoms with van der Waals surface area (Å²) in [5.41, 5.74) is 1.31. The lowest BCUT2D eigenvalue weighted by Crippen LogP contribution is -2.33. The van der Waals surface area contributed by atoms with Crippen molar-refractivity contribution in [1.29, 1.82) is 0 Å². The maximum atomic E-state index is 5.33. The minimum Gasteiger partial charge on any atom is -0.497 e. The molecule has 0 amide bonds. The molecule has 1 saturated carbocycles. The van der Waals surface area contributed by atoms with Gasteiger partial charge in [0.15, 0.2) is 0 Å². The highest BCUT2D eigenvalue weighted by atomic mass is 16.5. The van der Waals surface area contributed by atoms with E-state index in [2.05, 4.69) is 42.5 Å². The van der Waals surface area contributed by atoms with Crippen LogP contribution in [0.3, 0.4) is 0 Å². The zero-order chi connectivity index (χ0) is 14.4. The second kappa shape index (κ2) is 7.65. The Morgan fingerprint density at radius 2 is 2.05 bits per heavy atom. The average Bonchev–Trinajstić information content (AvgIpc) is 2.96. The summed E-state index contributed by atoms with van der Waals surface area (Å²) in [4.78, 5) is 2.27. The van der Waals surface area contributed by atoms with E-state index >= 15 is 0 Å². The Balaban J connectivity index is 1.91. The van der Waals surface area contributed by atoms with Crippen LogP contribution in [-0.4, -0.2) is 39.2 Å². The van der Waals surface area contributed by atoms with Crippen molar-refractivity contribution in [2.24, 2.45) is 5.92 Å². The molecule has 0 bridgehead atoms. The molecule has 3 nitrogen and oxygen atoms in total. The first-order valence-electron chi connectivity index (χ1n) is 7.72. The minimum absolute atomic E-state index is 0.395. The Bertz CT molecular complexity index is 400. The standard InChI is InChI=1S/C17H28N2O/c1-19(2)17(13-18-12-14-7-4-5-8-14)15-9-6-10-16(11-15)20-3/h6,9-11,14,17-18H,4-5,7-8,12-13H2,1-3H3. The third-order valence-electron chi connectivity index (χ3n) is 4.35. The Hall–Kier alpha value is -1.06. The Morgan fingerprint density at radius 1 is 1.30 bits per heavy atom. The summed E-state index contributed by atoms with van der Waals surface area (Å²) in [5.74, 6) is 1.83. The molecule has 1 N–H and O–H groups in total. The van der Waals surface area contributed by atoms with Crippen LogP contribution in [0.5, 0.6) is 5.75 Å². The molecule has 2 rings (SSSR count). The fourth-order valence-electron chi connectivity index (χ4n) is 3.09. The van der Waals surface area contributed by atoms with E-state index in [0.717, 1.165) is 24.8 Å². The molecule has 1 aromatic rings. The van der Waals surface area contributed by atoms with Gasteiger partial charge in [0.2, 0.25) is 0 Å². The van der Waals surface area contributed by atoms with Crippen LogP contribution in [-0.2, 0) is 0 Å². The quantitative estimate of drug-likeness (QED) is 0.828.